The van der Waals surface area contributed by atoms with Crippen LogP contribution in [0.3, 0.4) is 0 Å². The van der Waals surface area contributed by atoms with E-state index in [2.05, 4.69) is 10.6 Å². The Morgan fingerprint density at radius 1 is 1.04 bits per heavy atom. The molecule has 1 fully saturated rings. The molecule has 148 valence electrons. The molecular weight excluding hydrogens is 354 g/mol. The van der Waals surface area contributed by atoms with Crippen LogP contribution in [0.1, 0.15) is 35.7 Å². The average Bonchev–Trinajstić information content (AvgIpc) is 2.71. The Balaban J connectivity index is 1.46. The molecule has 2 N–H and O–H groups in total. The lowest BCUT2D eigenvalue weighted by atomic mass is 10.0. The number of piperidine rings is 1. The van der Waals surface area contributed by atoms with Gasteiger partial charge in [-0.3, -0.25) is 4.79 Å². The molecule has 2 aromatic carbocycles. The first kappa shape index (κ1) is 19.7. The molecule has 6 heteroatoms. The summed E-state index contributed by atoms with van der Waals surface area (Å²) in [6.45, 7) is 5.77. The van der Waals surface area contributed by atoms with Crippen LogP contribution in [0.5, 0.6) is 5.75 Å². The largest absolute Gasteiger partial charge is 0.494 e. The molecule has 28 heavy (non-hydrogen) atoms. The van der Waals surface area contributed by atoms with Gasteiger partial charge in [0, 0.05) is 30.4 Å². The van der Waals surface area contributed by atoms with Crippen molar-refractivity contribution in [2.45, 2.75) is 32.7 Å². The molecule has 1 saturated heterocycles. The van der Waals surface area contributed by atoms with Crippen LogP contribution in [0.15, 0.2) is 48.5 Å². The number of nitrogens with one attached hydrogen (secondary N) is 2. The van der Waals surface area contributed by atoms with Gasteiger partial charge in [0.05, 0.1) is 6.61 Å². The summed E-state index contributed by atoms with van der Waals surface area (Å²) in [7, 11) is 0. The Labute approximate surface area is 165 Å². The lowest BCUT2D eigenvalue weighted by Gasteiger charge is -2.32. The zero-order chi connectivity index (χ0) is 19.9. The Hall–Kier alpha value is -3.02. The maximum Gasteiger partial charge on any atom is 0.321 e. The molecule has 2 aromatic rings. The van der Waals surface area contributed by atoms with Gasteiger partial charge in [-0.2, -0.15) is 0 Å². The van der Waals surface area contributed by atoms with Crippen LogP contribution in [0.4, 0.5) is 10.5 Å². The average molecular weight is 381 g/mol. The molecule has 0 saturated carbocycles. The molecule has 1 aliphatic rings. The predicted octanol–water partition coefficient (Wildman–Crippen LogP) is 3.82. The van der Waals surface area contributed by atoms with Crippen molar-refractivity contribution in [3.63, 3.8) is 0 Å². The summed E-state index contributed by atoms with van der Waals surface area (Å²) >= 11 is 0. The topological polar surface area (TPSA) is 70.7 Å². The van der Waals surface area contributed by atoms with Gasteiger partial charge in [-0.05, 0) is 63.1 Å². The molecule has 1 aliphatic heterocycles. The van der Waals surface area contributed by atoms with Gasteiger partial charge in [0.2, 0.25) is 0 Å². The van der Waals surface area contributed by atoms with Gasteiger partial charge >= 0.3 is 6.03 Å². The second kappa shape index (κ2) is 9.26. The highest BCUT2D eigenvalue weighted by Gasteiger charge is 2.24. The predicted molar refractivity (Wildman–Crippen MR) is 110 cm³/mol. The lowest BCUT2D eigenvalue weighted by Crippen LogP contribution is -2.47. The highest BCUT2D eigenvalue weighted by atomic mass is 16.5. The van der Waals surface area contributed by atoms with Crippen LogP contribution >= 0.6 is 0 Å². The first-order valence-electron chi connectivity index (χ1n) is 9.71. The van der Waals surface area contributed by atoms with Gasteiger partial charge in [0.1, 0.15) is 5.75 Å². The molecule has 3 rings (SSSR count). The molecule has 0 aliphatic carbocycles. The second-order valence-corrected chi connectivity index (χ2v) is 6.99. The summed E-state index contributed by atoms with van der Waals surface area (Å²) in [6.07, 6.45) is 1.48. The van der Waals surface area contributed by atoms with E-state index in [-0.39, 0.29) is 18.0 Å². The van der Waals surface area contributed by atoms with Crippen LogP contribution in [-0.4, -0.2) is 42.6 Å². The number of likely N-dealkylation sites (tertiary alicyclic amines) is 1. The molecule has 6 nitrogen and oxygen atoms in total. The van der Waals surface area contributed by atoms with E-state index in [1.807, 2.05) is 38.1 Å². The van der Waals surface area contributed by atoms with E-state index in [1.165, 1.54) is 0 Å². The number of anilines is 1. The smallest absolute Gasteiger partial charge is 0.321 e. The van der Waals surface area contributed by atoms with E-state index in [0.717, 1.165) is 29.8 Å². The third kappa shape index (κ3) is 5.25. The maximum atomic E-state index is 12.4. The number of amides is 3. The summed E-state index contributed by atoms with van der Waals surface area (Å²) in [5.74, 6) is 0.664. The quantitative estimate of drug-likeness (QED) is 0.827. The molecular formula is C22H27N3O3. The molecule has 0 bridgehead atoms. The van der Waals surface area contributed by atoms with Crippen LogP contribution in [0.25, 0.3) is 0 Å². The van der Waals surface area contributed by atoms with Crippen molar-refractivity contribution in [3.05, 3.63) is 59.7 Å². The van der Waals surface area contributed by atoms with Crippen molar-refractivity contribution in [2.75, 3.05) is 25.0 Å². The van der Waals surface area contributed by atoms with E-state index >= 15 is 0 Å². The first-order valence-corrected chi connectivity index (χ1v) is 9.71. The maximum absolute atomic E-state index is 12.4. The number of carbonyl (C=O) groups excluding carboxylic acids is 2. The first-order chi connectivity index (χ1) is 13.5. The third-order valence-electron chi connectivity index (χ3n) is 4.85. The van der Waals surface area contributed by atoms with Gasteiger partial charge in [0.15, 0.2) is 0 Å². The van der Waals surface area contributed by atoms with Crippen LogP contribution < -0.4 is 15.4 Å². The van der Waals surface area contributed by atoms with Crippen molar-refractivity contribution in [1.82, 2.24) is 10.2 Å². The number of urea groups is 1. The Kier molecular flexibility index (Phi) is 6.53. The Bertz CT molecular complexity index is 795. The minimum atomic E-state index is -0.0971. The zero-order valence-corrected chi connectivity index (χ0v) is 16.4. The van der Waals surface area contributed by atoms with Gasteiger partial charge < -0.3 is 20.3 Å². The van der Waals surface area contributed by atoms with E-state index < -0.39 is 0 Å². The molecule has 0 atom stereocenters. The fourth-order valence-electron chi connectivity index (χ4n) is 3.20. The monoisotopic (exact) mass is 381 g/mol. The van der Waals surface area contributed by atoms with Crippen molar-refractivity contribution in [1.29, 1.82) is 0 Å². The van der Waals surface area contributed by atoms with Crippen molar-refractivity contribution in [2.24, 2.45) is 0 Å². The van der Waals surface area contributed by atoms with Crippen molar-refractivity contribution in [3.8, 4) is 5.75 Å². The summed E-state index contributed by atoms with van der Waals surface area (Å²) in [6, 6.07) is 14.9. The van der Waals surface area contributed by atoms with E-state index in [1.54, 1.807) is 29.2 Å². The minimum Gasteiger partial charge on any atom is -0.494 e. The molecule has 0 unspecified atom stereocenters. The van der Waals surface area contributed by atoms with Crippen LogP contribution in [0.2, 0.25) is 0 Å². The number of ether oxygens (including phenoxy) is 1. The third-order valence-corrected chi connectivity index (χ3v) is 4.85. The lowest BCUT2D eigenvalue weighted by molar-refractivity contribution is 0.0919. The normalized spacial score (nSPS) is 14.4. The fourth-order valence-corrected chi connectivity index (χ4v) is 3.20. The number of nitrogens with zero attached hydrogens (tertiary/aromatic N) is 1. The van der Waals surface area contributed by atoms with E-state index in [0.29, 0.717) is 25.3 Å². The zero-order valence-electron chi connectivity index (χ0n) is 16.4. The second-order valence-electron chi connectivity index (χ2n) is 6.99. The standard InChI is InChI=1S/C22H27N3O3/c1-3-28-20-10-6-17(7-11-20)21(26)23-19-12-14-25(15-13-19)22(27)24-18-8-4-16(2)5-9-18/h4-11,19H,3,12-15H2,1-2H3,(H,23,26)(H,24,27). The highest BCUT2D eigenvalue weighted by molar-refractivity contribution is 5.94. The number of rotatable bonds is 5. The van der Waals surface area contributed by atoms with Gasteiger partial charge in [0.25, 0.3) is 5.91 Å². The highest BCUT2D eigenvalue weighted by Crippen LogP contribution is 2.16. The fraction of sp³-hybridized carbons (Fsp3) is 0.364. The molecule has 0 spiro atoms. The minimum absolute atomic E-state index is 0.0718. The van der Waals surface area contributed by atoms with Crippen molar-refractivity contribution < 1.29 is 14.3 Å². The number of aryl methyl sites for hydroxylation is 1. The van der Waals surface area contributed by atoms with Crippen LogP contribution in [0, 0.1) is 6.92 Å². The molecule has 1 heterocycles. The molecule has 0 aromatic heterocycles. The van der Waals surface area contributed by atoms with Gasteiger partial charge in [-0.15, -0.1) is 0 Å². The number of benzene rings is 2. The van der Waals surface area contributed by atoms with Gasteiger partial charge in [-0.1, -0.05) is 17.7 Å². The van der Waals surface area contributed by atoms with Gasteiger partial charge in [-0.25, -0.2) is 4.79 Å². The number of carbonyl (C=O) groups is 2. The van der Waals surface area contributed by atoms with Crippen molar-refractivity contribution >= 4 is 17.6 Å². The summed E-state index contributed by atoms with van der Waals surface area (Å²) in [5, 5.41) is 5.99. The van der Waals surface area contributed by atoms with E-state index in [9.17, 15) is 9.59 Å². The number of hydrogen-bond acceptors (Lipinski definition) is 3. The Morgan fingerprint density at radius 2 is 1.68 bits per heavy atom. The molecule has 0 radical (unpaired) electrons. The summed E-state index contributed by atoms with van der Waals surface area (Å²) < 4.78 is 5.40. The summed E-state index contributed by atoms with van der Waals surface area (Å²) in [5.41, 5.74) is 2.56. The van der Waals surface area contributed by atoms with E-state index in [4.69, 9.17) is 4.74 Å². The van der Waals surface area contributed by atoms with Crippen LogP contribution in [-0.2, 0) is 0 Å². The summed E-state index contributed by atoms with van der Waals surface area (Å²) in [4.78, 5) is 26.6. The molecule has 3 amide bonds. The number of hydrogen-bond donors (Lipinski definition) is 2. The Morgan fingerprint density at radius 3 is 2.29 bits per heavy atom. The SMILES string of the molecule is CCOc1ccc(C(=O)NC2CCN(C(=O)Nc3ccc(C)cc3)CC2)cc1.